The van der Waals surface area contributed by atoms with Gasteiger partial charge in [-0.2, -0.15) is 0 Å². The van der Waals surface area contributed by atoms with Crippen molar-refractivity contribution < 1.29 is 5.11 Å². The number of aromatic nitrogens is 1. The number of rotatable bonds is 2. The van der Waals surface area contributed by atoms with Gasteiger partial charge in [-0.3, -0.25) is 0 Å². The molecule has 3 rings (SSSR count). The molecule has 1 aromatic heterocycles. The first-order valence-corrected chi connectivity index (χ1v) is 7.14. The number of anilines is 1. The first kappa shape index (κ1) is 12.6. The Hall–Kier alpha value is -1.39. The molecule has 0 fully saturated rings. The highest BCUT2D eigenvalue weighted by Crippen LogP contribution is 2.27. The third-order valence-corrected chi connectivity index (χ3v) is 3.94. The van der Waals surface area contributed by atoms with Gasteiger partial charge in [0.15, 0.2) is 0 Å². The van der Waals surface area contributed by atoms with Crippen molar-refractivity contribution in [3.63, 3.8) is 0 Å². The molecule has 1 N–H and O–H groups in total. The minimum absolute atomic E-state index is 0.0138. The molecular weight excluding hydrogens is 304 g/mol. The molecule has 19 heavy (non-hydrogen) atoms. The fourth-order valence-corrected chi connectivity index (χ4v) is 2.93. The minimum atomic E-state index is 0.0138. The summed E-state index contributed by atoms with van der Waals surface area (Å²) >= 11 is 3.39. The number of halogens is 1. The number of benzene rings is 1. The number of pyridine rings is 1. The van der Waals surface area contributed by atoms with Crippen molar-refractivity contribution in [2.45, 2.75) is 19.6 Å². The molecule has 0 bridgehead atoms. The highest BCUT2D eigenvalue weighted by molar-refractivity contribution is 9.10. The summed E-state index contributed by atoms with van der Waals surface area (Å²) in [5, 5.41) is 9.48. The lowest BCUT2D eigenvalue weighted by Crippen LogP contribution is -2.31. The average Bonchev–Trinajstić information content (AvgIpc) is 2.46. The normalized spacial score (nSPS) is 14.3. The third-order valence-electron chi connectivity index (χ3n) is 3.51. The Balaban J connectivity index is 1.93. The number of hydrogen-bond acceptors (Lipinski definition) is 3. The van der Waals surface area contributed by atoms with Crippen LogP contribution in [0.2, 0.25) is 0 Å². The highest BCUT2D eigenvalue weighted by atomic mass is 79.9. The van der Waals surface area contributed by atoms with E-state index in [9.17, 15) is 5.11 Å². The molecule has 0 saturated heterocycles. The van der Waals surface area contributed by atoms with Crippen molar-refractivity contribution in [1.82, 2.24) is 4.98 Å². The lowest BCUT2D eigenvalue weighted by molar-refractivity contribution is 0.281. The Bertz CT molecular complexity index is 600. The minimum Gasteiger partial charge on any atom is -0.392 e. The van der Waals surface area contributed by atoms with Crippen molar-refractivity contribution in [2.75, 3.05) is 11.4 Å². The number of aliphatic hydroxyl groups is 1. The summed E-state index contributed by atoms with van der Waals surface area (Å²) in [4.78, 5) is 6.70. The Labute approximate surface area is 121 Å². The van der Waals surface area contributed by atoms with E-state index < -0.39 is 0 Å². The van der Waals surface area contributed by atoms with Crippen LogP contribution in [0.25, 0.3) is 0 Å². The molecule has 2 heterocycles. The van der Waals surface area contributed by atoms with Crippen molar-refractivity contribution in [2.24, 2.45) is 0 Å². The number of aliphatic hydroxyl groups excluding tert-OH is 1. The van der Waals surface area contributed by atoms with Crippen molar-refractivity contribution >= 4 is 21.7 Å². The van der Waals surface area contributed by atoms with Crippen molar-refractivity contribution in [3.05, 3.63) is 57.7 Å². The van der Waals surface area contributed by atoms with E-state index in [1.54, 1.807) is 6.20 Å². The first-order chi connectivity index (χ1) is 9.28. The quantitative estimate of drug-likeness (QED) is 0.925. The number of nitrogens with zero attached hydrogens (tertiary/aromatic N) is 2. The molecule has 2 aromatic rings. The molecule has 0 amide bonds. The van der Waals surface area contributed by atoms with Gasteiger partial charge in [0.25, 0.3) is 0 Å². The van der Waals surface area contributed by atoms with E-state index in [2.05, 4.69) is 50.1 Å². The molecule has 1 aliphatic heterocycles. The number of fused-ring (bicyclic) bond motifs is 1. The van der Waals surface area contributed by atoms with Crippen LogP contribution in [-0.4, -0.2) is 16.6 Å². The zero-order valence-electron chi connectivity index (χ0n) is 10.5. The van der Waals surface area contributed by atoms with Crippen molar-refractivity contribution in [3.8, 4) is 0 Å². The SMILES string of the molecule is OCc1cc(Br)cnc1N1CCc2ccccc2C1. The molecule has 0 saturated carbocycles. The van der Waals surface area contributed by atoms with Crippen LogP contribution in [0.4, 0.5) is 5.82 Å². The molecule has 1 aromatic carbocycles. The molecule has 0 aliphatic carbocycles. The predicted molar refractivity (Wildman–Crippen MR) is 79.1 cm³/mol. The lowest BCUT2D eigenvalue weighted by atomic mass is 9.99. The Morgan fingerprint density at radius 3 is 2.84 bits per heavy atom. The maximum atomic E-state index is 9.48. The first-order valence-electron chi connectivity index (χ1n) is 6.35. The molecule has 3 nitrogen and oxygen atoms in total. The molecule has 1 aliphatic rings. The van der Waals surface area contributed by atoms with Crippen LogP contribution in [0, 0.1) is 0 Å². The maximum Gasteiger partial charge on any atom is 0.134 e. The monoisotopic (exact) mass is 318 g/mol. The van der Waals surface area contributed by atoms with Crippen LogP contribution in [0.1, 0.15) is 16.7 Å². The smallest absolute Gasteiger partial charge is 0.134 e. The Morgan fingerprint density at radius 1 is 1.26 bits per heavy atom. The summed E-state index contributed by atoms with van der Waals surface area (Å²) in [7, 11) is 0. The summed E-state index contributed by atoms with van der Waals surface area (Å²) < 4.78 is 0.901. The third kappa shape index (κ3) is 2.51. The van der Waals surface area contributed by atoms with Crippen LogP contribution in [-0.2, 0) is 19.6 Å². The Kier molecular flexibility index (Phi) is 3.53. The maximum absolute atomic E-state index is 9.48. The van der Waals surface area contributed by atoms with Gasteiger partial charge in [0, 0.05) is 29.3 Å². The zero-order valence-corrected chi connectivity index (χ0v) is 12.1. The summed E-state index contributed by atoms with van der Waals surface area (Å²) in [6.45, 7) is 1.82. The summed E-state index contributed by atoms with van der Waals surface area (Å²) in [5.41, 5.74) is 3.64. The van der Waals surface area contributed by atoms with Crippen LogP contribution >= 0.6 is 15.9 Å². The molecule has 4 heteroatoms. The molecule has 0 atom stereocenters. The molecule has 0 radical (unpaired) electrons. The van der Waals surface area contributed by atoms with Gasteiger partial charge in [0.1, 0.15) is 5.82 Å². The van der Waals surface area contributed by atoms with E-state index in [-0.39, 0.29) is 6.61 Å². The molecule has 0 spiro atoms. The van der Waals surface area contributed by atoms with E-state index in [0.717, 1.165) is 35.4 Å². The van der Waals surface area contributed by atoms with Crippen molar-refractivity contribution in [1.29, 1.82) is 0 Å². The van der Waals surface area contributed by atoms with Crippen LogP contribution < -0.4 is 4.90 Å². The topological polar surface area (TPSA) is 36.4 Å². The van der Waals surface area contributed by atoms with Crippen LogP contribution in [0.5, 0.6) is 0 Å². The second-order valence-corrected chi connectivity index (χ2v) is 5.65. The summed E-state index contributed by atoms with van der Waals surface area (Å²) in [6.07, 6.45) is 2.81. The average molecular weight is 319 g/mol. The zero-order chi connectivity index (χ0) is 13.2. The fraction of sp³-hybridized carbons (Fsp3) is 0.267. The van der Waals surface area contributed by atoms with E-state index in [1.807, 2.05) is 6.07 Å². The largest absolute Gasteiger partial charge is 0.392 e. The summed E-state index contributed by atoms with van der Waals surface area (Å²) in [5.74, 6) is 0.889. The molecule has 0 unspecified atom stereocenters. The fourth-order valence-electron chi connectivity index (χ4n) is 2.55. The van der Waals surface area contributed by atoms with Gasteiger partial charge < -0.3 is 10.0 Å². The van der Waals surface area contributed by atoms with Crippen LogP contribution in [0.3, 0.4) is 0 Å². The summed E-state index contributed by atoms with van der Waals surface area (Å²) in [6, 6.07) is 10.5. The van der Waals surface area contributed by atoms with E-state index in [4.69, 9.17) is 0 Å². The van der Waals surface area contributed by atoms with Gasteiger partial charge in [0.2, 0.25) is 0 Å². The molecular formula is C15H15BrN2O. The second kappa shape index (κ2) is 5.31. The number of hydrogen-bond donors (Lipinski definition) is 1. The highest BCUT2D eigenvalue weighted by Gasteiger charge is 2.19. The van der Waals surface area contributed by atoms with E-state index >= 15 is 0 Å². The van der Waals surface area contributed by atoms with Gasteiger partial charge in [-0.15, -0.1) is 0 Å². The van der Waals surface area contributed by atoms with E-state index in [1.165, 1.54) is 11.1 Å². The second-order valence-electron chi connectivity index (χ2n) is 4.73. The van der Waals surface area contributed by atoms with Gasteiger partial charge in [-0.25, -0.2) is 4.98 Å². The Morgan fingerprint density at radius 2 is 2.05 bits per heavy atom. The van der Waals surface area contributed by atoms with Crippen LogP contribution in [0.15, 0.2) is 41.0 Å². The lowest BCUT2D eigenvalue weighted by Gasteiger charge is -2.31. The predicted octanol–water partition coefficient (Wildman–Crippen LogP) is 2.90. The van der Waals surface area contributed by atoms with Gasteiger partial charge in [-0.05, 0) is 39.5 Å². The van der Waals surface area contributed by atoms with Gasteiger partial charge >= 0.3 is 0 Å². The standard InChI is InChI=1S/C15H15BrN2O/c16-14-7-13(10-19)15(17-8-14)18-6-5-11-3-1-2-4-12(11)9-18/h1-4,7-8,19H,5-6,9-10H2. The van der Waals surface area contributed by atoms with Gasteiger partial charge in [0.05, 0.1) is 6.61 Å². The van der Waals surface area contributed by atoms with E-state index in [0.29, 0.717) is 0 Å². The molecule has 98 valence electrons. The van der Waals surface area contributed by atoms with Gasteiger partial charge in [-0.1, -0.05) is 24.3 Å².